The molecule has 0 radical (unpaired) electrons. The van der Waals surface area contributed by atoms with E-state index in [1.54, 1.807) is 27.6 Å². The largest absolute Gasteiger partial charge is 0.370 e. The smallest absolute Gasteiger partial charge is 0.218 e. The summed E-state index contributed by atoms with van der Waals surface area (Å²) in [6, 6.07) is 0.158. The first kappa shape index (κ1) is 18.5. The van der Waals surface area contributed by atoms with Gasteiger partial charge in [0, 0.05) is 6.42 Å². The summed E-state index contributed by atoms with van der Waals surface area (Å²) >= 11 is 0. The van der Waals surface area contributed by atoms with Gasteiger partial charge in [0.05, 0.1) is 30.7 Å². The highest BCUT2D eigenvalue weighted by Crippen LogP contribution is 2.31. The number of amidine groups is 1. The van der Waals surface area contributed by atoms with E-state index in [9.17, 15) is 13.2 Å². The number of hydrogen-bond acceptors (Lipinski definition) is 9. The molecule has 0 atom stereocenters. The van der Waals surface area contributed by atoms with Crippen LogP contribution in [0.3, 0.4) is 0 Å². The molecule has 0 aromatic carbocycles. The van der Waals surface area contributed by atoms with Crippen molar-refractivity contribution in [1.29, 1.82) is 0 Å². The summed E-state index contributed by atoms with van der Waals surface area (Å²) in [6.45, 7) is 2.10. The highest BCUT2D eigenvalue weighted by atomic mass is 32.2. The Morgan fingerprint density at radius 3 is 2.58 bits per heavy atom. The van der Waals surface area contributed by atoms with Crippen LogP contribution in [0.4, 0.5) is 5.82 Å². The molecule has 3 rings (SSSR count). The number of nitrogens with two attached hydrogens (primary N) is 1. The zero-order valence-corrected chi connectivity index (χ0v) is 15.5. The number of primary amides is 1. The SMILES string of the molecule is Cc1cnc(N2C(C[SH](=O)=O)=NN(C3CCCC3)N2CCC(N)=O)cn1. The van der Waals surface area contributed by atoms with Gasteiger partial charge in [0.1, 0.15) is 16.5 Å². The maximum Gasteiger partial charge on any atom is 0.218 e. The van der Waals surface area contributed by atoms with Crippen molar-refractivity contribution in [3.63, 3.8) is 0 Å². The van der Waals surface area contributed by atoms with Crippen molar-refractivity contribution in [2.24, 2.45) is 10.8 Å². The zero-order chi connectivity index (χ0) is 18.7. The molecule has 1 fully saturated rings. The second-order valence-electron chi connectivity index (χ2n) is 6.41. The fourth-order valence-corrected chi connectivity index (χ4v) is 3.64. The number of hydrogen-bond donors (Lipinski definition) is 2. The summed E-state index contributed by atoms with van der Waals surface area (Å²) in [5, 5.41) is 9.71. The average molecular weight is 381 g/mol. The molecule has 1 aliphatic heterocycles. The molecule has 1 aromatic rings. The van der Waals surface area contributed by atoms with E-state index in [0.717, 1.165) is 31.4 Å². The zero-order valence-electron chi connectivity index (χ0n) is 14.6. The minimum absolute atomic E-state index is 0.116. The van der Waals surface area contributed by atoms with Gasteiger partial charge >= 0.3 is 0 Å². The normalized spacial score (nSPS) is 18.8. The molecule has 0 spiro atoms. The van der Waals surface area contributed by atoms with E-state index in [0.29, 0.717) is 11.7 Å². The van der Waals surface area contributed by atoms with Crippen molar-refractivity contribution in [2.75, 3.05) is 17.3 Å². The van der Waals surface area contributed by atoms with E-state index < -0.39 is 16.6 Å². The van der Waals surface area contributed by atoms with Crippen LogP contribution in [0.2, 0.25) is 0 Å². The van der Waals surface area contributed by atoms with Crippen LogP contribution in [-0.2, 0) is 15.5 Å². The second kappa shape index (κ2) is 7.96. The highest BCUT2D eigenvalue weighted by molar-refractivity contribution is 7.73. The number of carbonyl (C=O) groups is 1. The number of nitrogens with zero attached hydrogens (tertiary/aromatic N) is 6. The van der Waals surface area contributed by atoms with Crippen molar-refractivity contribution in [2.45, 2.75) is 45.1 Å². The fourth-order valence-electron chi connectivity index (χ4n) is 3.21. The lowest BCUT2D eigenvalue weighted by Gasteiger charge is -2.36. The molecule has 1 aliphatic carbocycles. The molecule has 2 N–H and O–H groups in total. The van der Waals surface area contributed by atoms with Gasteiger partial charge in [-0.2, -0.15) is 0 Å². The van der Waals surface area contributed by atoms with E-state index in [-0.39, 0.29) is 24.8 Å². The first-order valence-corrected chi connectivity index (χ1v) is 9.95. The third kappa shape index (κ3) is 4.10. The van der Waals surface area contributed by atoms with E-state index in [2.05, 4.69) is 15.1 Å². The third-order valence-corrected chi connectivity index (χ3v) is 4.94. The first-order valence-electron chi connectivity index (χ1n) is 8.58. The van der Waals surface area contributed by atoms with E-state index in [4.69, 9.17) is 5.73 Å². The van der Waals surface area contributed by atoms with Crippen LogP contribution >= 0.6 is 0 Å². The molecular formula is C15H23N7O3S. The number of aromatic nitrogens is 2. The topological polar surface area (TPSA) is 125 Å². The molecule has 2 aliphatic rings. The number of thiol groups is 1. The van der Waals surface area contributed by atoms with Crippen molar-refractivity contribution in [3.05, 3.63) is 18.1 Å². The van der Waals surface area contributed by atoms with Crippen LogP contribution in [0, 0.1) is 6.92 Å². The molecule has 142 valence electrons. The van der Waals surface area contributed by atoms with Gasteiger partial charge in [-0.05, 0) is 19.8 Å². The predicted molar refractivity (Wildman–Crippen MR) is 96.5 cm³/mol. The van der Waals surface area contributed by atoms with Gasteiger partial charge in [-0.25, -0.2) is 23.5 Å². The van der Waals surface area contributed by atoms with E-state index >= 15 is 0 Å². The van der Waals surface area contributed by atoms with Crippen LogP contribution in [0.1, 0.15) is 37.8 Å². The standard InChI is InChI=1S/C15H23N7O3S/c1-11-8-18-14(9-17-11)21-15(10-26(24)25)19-22(12-4-2-3-5-12)20(21)7-6-13(16)23/h8-9,12,26H,2-7,10H2,1H3,(H2,16,23). The van der Waals surface area contributed by atoms with Crippen molar-refractivity contribution in [1.82, 2.24) is 20.2 Å². The third-order valence-electron chi connectivity index (χ3n) is 4.39. The number of hydrazone groups is 1. The lowest BCUT2D eigenvalue weighted by Crippen LogP contribution is -2.52. The van der Waals surface area contributed by atoms with Gasteiger partial charge in [0.15, 0.2) is 11.7 Å². The summed E-state index contributed by atoms with van der Waals surface area (Å²) in [4.78, 5) is 19.9. The number of anilines is 1. The molecule has 0 bridgehead atoms. The van der Waals surface area contributed by atoms with Gasteiger partial charge in [0.25, 0.3) is 0 Å². The lowest BCUT2D eigenvalue weighted by molar-refractivity contribution is -0.120. The van der Waals surface area contributed by atoms with Crippen LogP contribution in [0.25, 0.3) is 0 Å². The maximum atomic E-state index is 11.4. The highest BCUT2D eigenvalue weighted by Gasteiger charge is 2.39. The lowest BCUT2D eigenvalue weighted by atomic mass is 10.3. The summed E-state index contributed by atoms with van der Waals surface area (Å²) in [5.74, 6) is 0.141. The maximum absolute atomic E-state index is 11.4. The Balaban J connectivity index is 1.96. The molecule has 11 heteroatoms. The van der Waals surface area contributed by atoms with Crippen LogP contribution in [-0.4, -0.2) is 58.7 Å². The summed E-state index contributed by atoms with van der Waals surface area (Å²) in [7, 11) is -2.67. The Bertz CT molecular complexity index is 751. The predicted octanol–water partition coefficient (Wildman–Crippen LogP) is -0.218. The van der Waals surface area contributed by atoms with Gasteiger partial charge in [-0.3, -0.25) is 9.78 Å². The summed E-state index contributed by atoms with van der Waals surface area (Å²) in [6.07, 6.45) is 7.39. The number of rotatable bonds is 7. The van der Waals surface area contributed by atoms with Gasteiger partial charge in [0.2, 0.25) is 5.91 Å². The summed E-state index contributed by atoms with van der Waals surface area (Å²) < 4.78 is 22.7. The Hall–Kier alpha value is -2.27. The van der Waals surface area contributed by atoms with Gasteiger partial charge in [-0.15, -0.1) is 10.2 Å². The molecule has 0 unspecified atom stereocenters. The number of hydrazine groups is 2. The van der Waals surface area contributed by atoms with Crippen molar-refractivity contribution in [3.8, 4) is 0 Å². The minimum Gasteiger partial charge on any atom is -0.370 e. The molecule has 1 aromatic heterocycles. The molecule has 1 amide bonds. The van der Waals surface area contributed by atoms with E-state index in [1.807, 2.05) is 6.92 Å². The fraction of sp³-hybridized carbons (Fsp3) is 0.600. The Morgan fingerprint density at radius 1 is 1.27 bits per heavy atom. The van der Waals surface area contributed by atoms with Gasteiger partial charge < -0.3 is 5.73 Å². The molecule has 26 heavy (non-hydrogen) atoms. The minimum atomic E-state index is -2.67. The number of aryl methyl sites for hydroxylation is 1. The van der Waals surface area contributed by atoms with Crippen molar-refractivity contribution < 1.29 is 13.2 Å². The van der Waals surface area contributed by atoms with Gasteiger partial charge in [-0.1, -0.05) is 12.8 Å². The van der Waals surface area contributed by atoms with Crippen LogP contribution < -0.4 is 10.7 Å². The quantitative estimate of drug-likeness (QED) is 0.621. The molecular weight excluding hydrogens is 358 g/mol. The van der Waals surface area contributed by atoms with Crippen molar-refractivity contribution >= 4 is 28.3 Å². The van der Waals surface area contributed by atoms with Crippen LogP contribution in [0.15, 0.2) is 17.5 Å². The van der Waals surface area contributed by atoms with Crippen LogP contribution in [0.5, 0.6) is 0 Å². The Kier molecular flexibility index (Phi) is 5.67. The number of carbonyl (C=O) groups excluding carboxylic acids is 1. The molecule has 10 nitrogen and oxygen atoms in total. The summed E-state index contributed by atoms with van der Waals surface area (Å²) in [5.41, 5.74) is 6.07. The monoisotopic (exact) mass is 381 g/mol. The number of amides is 1. The Labute approximate surface area is 153 Å². The first-order chi connectivity index (χ1) is 12.5. The van der Waals surface area contributed by atoms with E-state index in [1.165, 1.54) is 0 Å². The molecule has 0 saturated heterocycles. The second-order valence-corrected chi connectivity index (χ2v) is 7.39. The molecule has 2 heterocycles. The Morgan fingerprint density at radius 2 is 2.00 bits per heavy atom. The molecule has 1 saturated carbocycles. The average Bonchev–Trinajstić information content (AvgIpc) is 3.21.